The summed E-state index contributed by atoms with van der Waals surface area (Å²) in [6, 6.07) is 5.12. The van der Waals surface area contributed by atoms with Gasteiger partial charge in [-0.25, -0.2) is 4.79 Å². The van der Waals surface area contributed by atoms with Crippen LogP contribution in [-0.4, -0.2) is 5.97 Å². The quantitative estimate of drug-likeness (QED) is 0.464. The third-order valence-electron chi connectivity index (χ3n) is 1.29. The Kier molecular flexibility index (Phi) is 3.51. The molecule has 0 unspecified atom stereocenters. The average Bonchev–Trinajstić information content (AvgIpc) is 2.11. The zero-order valence-electron chi connectivity index (χ0n) is 6.59. The van der Waals surface area contributed by atoms with E-state index in [4.69, 9.17) is 16.3 Å². The zero-order valence-corrected chi connectivity index (χ0v) is 8.93. The Labute approximate surface area is 89.3 Å². The van der Waals surface area contributed by atoms with E-state index in [0.29, 0.717) is 15.2 Å². The average molecular weight is 262 g/mol. The highest BCUT2D eigenvalue weighted by molar-refractivity contribution is 9.10. The number of hydrogen-bond donors (Lipinski definition) is 0. The van der Waals surface area contributed by atoms with Gasteiger partial charge < -0.3 is 4.74 Å². The molecule has 0 spiro atoms. The van der Waals surface area contributed by atoms with Crippen LogP contribution in [0.15, 0.2) is 35.3 Å². The van der Waals surface area contributed by atoms with E-state index in [1.54, 1.807) is 18.2 Å². The van der Waals surface area contributed by atoms with E-state index in [0.717, 1.165) is 6.08 Å². The fourth-order valence-corrected chi connectivity index (χ4v) is 1.50. The largest absolute Gasteiger partial charge is 0.421 e. The molecule has 0 amide bonds. The number of carbonyl (C=O) groups excluding carboxylic acids is 1. The number of benzene rings is 1. The first-order valence-electron chi connectivity index (χ1n) is 3.43. The van der Waals surface area contributed by atoms with Crippen molar-refractivity contribution in [3.05, 3.63) is 40.3 Å². The number of carbonyl (C=O) groups is 1. The van der Waals surface area contributed by atoms with E-state index in [-0.39, 0.29) is 0 Å². The Bertz CT molecular complexity index is 329. The molecule has 0 heterocycles. The number of hydrogen-bond acceptors (Lipinski definition) is 2. The molecule has 0 fully saturated rings. The minimum absolute atomic E-state index is 0.314. The van der Waals surface area contributed by atoms with Crippen molar-refractivity contribution in [2.24, 2.45) is 0 Å². The standard InChI is InChI=1S/C9H6BrClO2/c1-2-8(12)13-9-6(10)4-3-5-7(9)11/h2-5H,1H2. The summed E-state index contributed by atoms with van der Waals surface area (Å²) in [7, 11) is 0. The van der Waals surface area contributed by atoms with E-state index in [2.05, 4.69) is 22.5 Å². The first kappa shape index (κ1) is 10.3. The lowest BCUT2D eigenvalue weighted by Gasteiger charge is -2.05. The molecular weight excluding hydrogens is 255 g/mol. The first-order valence-corrected chi connectivity index (χ1v) is 4.60. The van der Waals surface area contributed by atoms with Crippen LogP contribution in [0.5, 0.6) is 5.75 Å². The molecule has 0 bridgehead atoms. The predicted molar refractivity (Wildman–Crippen MR) is 55.0 cm³/mol. The van der Waals surface area contributed by atoms with Gasteiger partial charge in [-0.3, -0.25) is 0 Å². The smallest absolute Gasteiger partial charge is 0.335 e. The molecule has 1 rings (SSSR count). The van der Waals surface area contributed by atoms with Crippen LogP contribution in [0.3, 0.4) is 0 Å². The molecule has 2 nitrogen and oxygen atoms in total. The number of rotatable bonds is 2. The van der Waals surface area contributed by atoms with Crippen LogP contribution in [0.1, 0.15) is 0 Å². The number of ether oxygens (including phenoxy) is 1. The molecule has 0 aliphatic heterocycles. The summed E-state index contributed by atoms with van der Waals surface area (Å²) in [5, 5.41) is 0.379. The predicted octanol–water partition coefficient (Wildman–Crippen LogP) is 3.19. The van der Waals surface area contributed by atoms with Crippen molar-refractivity contribution in [1.29, 1.82) is 0 Å². The molecule has 0 radical (unpaired) electrons. The summed E-state index contributed by atoms with van der Waals surface area (Å²) in [6.45, 7) is 3.28. The second kappa shape index (κ2) is 4.44. The number of halogens is 2. The lowest BCUT2D eigenvalue weighted by Crippen LogP contribution is -2.03. The van der Waals surface area contributed by atoms with E-state index < -0.39 is 5.97 Å². The van der Waals surface area contributed by atoms with Crippen molar-refractivity contribution >= 4 is 33.5 Å². The molecule has 1 aromatic carbocycles. The van der Waals surface area contributed by atoms with Crippen molar-refractivity contribution in [3.63, 3.8) is 0 Å². The normalized spacial score (nSPS) is 9.38. The van der Waals surface area contributed by atoms with Crippen molar-refractivity contribution in [3.8, 4) is 5.75 Å². The van der Waals surface area contributed by atoms with Gasteiger partial charge in [-0.1, -0.05) is 24.2 Å². The SMILES string of the molecule is C=CC(=O)Oc1c(Cl)cccc1Br. The Balaban J connectivity index is 2.99. The topological polar surface area (TPSA) is 26.3 Å². The van der Waals surface area contributed by atoms with E-state index in [1.165, 1.54) is 0 Å². The van der Waals surface area contributed by atoms with Gasteiger partial charge in [-0.2, -0.15) is 0 Å². The molecule has 0 saturated carbocycles. The summed E-state index contributed by atoms with van der Waals surface area (Å²) in [5.41, 5.74) is 0. The van der Waals surface area contributed by atoms with E-state index in [1.807, 2.05) is 0 Å². The molecule has 13 heavy (non-hydrogen) atoms. The molecule has 0 aliphatic carbocycles. The molecule has 0 aromatic heterocycles. The third-order valence-corrected chi connectivity index (χ3v) is 2.21. The molecule has 0 N–H and O–H groups in total. The van der Waals surface area contributed by atoms with Gasteiger partial charge in [0, 0.05) is 6.08 Å². The van der Waals surface area contributed by atoms with Crippen LogP contribution >= 0.6 is 27.5 Å². The maximum Gasteiger partial charge on any atom is 0.335 e. The zero-order chi connectivity index (χ0) is 9.84. The van der Waals surface area contributed by atoms with E-state index in [9.17, 15) is 4.79 Å². The Morgan fingerprint density at radius 2 is 2.31 bits per heavy atom. The first-order chi connectivity index (χ1) is 6.15. The number of esters is 1. The van der Waals surface area contributed by atoms with Crippen LogP contribution in [-0.2, 0) is 4.79 Å². The van der Waals surface area contributed by atoms with Crippen LogP contribution in [0.2, 0.25) is 5.02 Å². The second-order valence-electron chi connectivity index (χ2n) is 2.18. The van der Waals surface area contributed by atoms with Gasteiger partial charge in [0.15, 0.2) is 5.75 Å². The van der Waals surface area contributed by atoms with Gasteiger partial charge in [0.05, 0.1) is 9.50 Å². The van der Waals surface area contributed by atoms with Gasteiger partial charge in [-0.05, 0) is 28.1 Å². The third kappa shape index (κ3) is 2.57. The molecule has 0 saturated heterocycles. The summed E-state index contributed by atoms with van der Waals surface area (Å²) < 4.78 is 5.52. The summed E-state index contributed by atoms with van der Waals surface area (Å²) in [4.78, 5) is 10.9. The fourth-order valence-electron chi connectivity index (χ4n) is 0.722. The Morgan fingerprint density at radius 1 is 1.62 bits per heavy atom. The summed E-state index contributed by atoms with van der Waals surface area (Å²) >= 11 is 9.00. The van der Waals surface area contributed by atoms with Gasteiger partial charge in [0.2, 0.25) is 0 Å². The highest BCUT2D eigenvalue weighted by atomic mass is 79.9. The van der Waals surface area contributed by atoms with Crippen molar-refractivity contribution in [1.82, 2.24) is 0 Å². The highest BCUT2D eigenvalue weighted by Crippen LogP contribution is 2.32. The molecule has 4 heteroatoms. The monoisotopic (exact) mass is 260 g/mol. The molecule has 1 aromatic rings. The lowest BCUT2D eigenvalue weighted by molar-refractivity contribution is -0.129. The fraction of sp³-hybridized carbons (Fsp3) is 0. The van der Waals surface area contributed by atoms with Crippen molar-refractivity contribution in [2.45, 2.75) is 0 Å². The molecule has 68 valence electrons. The lowest BCUT2D eigenvalue weighted by atomic mass is 10.3. The highest BCUT2D eigenvalue weighted by Gasteiger charge is 2.08. The van der Waals surface area contributed by atoms with Crippen molar-refractivity contribution in [2.75, 3.05) is 0 Å². The van der Waals surface area contributed by atoms with Crippen LogP contribution in [0, 0.1) is 0 Å². The minimum atomic E-state index is -0.534. The van der Waals surface area contributed by atoms with Gasteiger partial charge in [-0.15, -0.1) is 0 Å². The maximum atomic E-state index is 10.9. The van der Waals surface area contributed by atoms with Crippen LogP contribution < -0.4 is 4.74 Å². The number of para-hydroxylation sites is 1. The van der Waals surface area contributed by atoms with Crippen molar-refractivity contribution < 1.29 is 9.53 Å². The van der Waals surface area contributed by atoms with Gasteiger partial charge in [0.1, 0.15) is 0 Å². The Morgan fingerprint density at radius 3 is 2.85 bits per heavy atom. The summed E-state index contributed by atoms with van der Waals surface area (Å²) in [5.74, 6) is -0.220. The molecule has 0 aliphatic rings. The van der Waals surface area contributed by atoms with Crippen LogP contribution in [0.4, 0.5) is 0 Å². The summed E-state index contributed by atoms with van der Waals surface area (Å²) in [6.07, 6.45) is 1.08. The van der Waals surface area contributed by atoms with Crippen LogP contribution in [0.25, 0.3) is 0 Å². The Hall–Kier alpha value is -0.800. The molecular formula is C9H6BrClO2. The van der Waals surface area contributed by atoms with E-state index >= 15 is 0 Å². The second-order valence-corrected chi connectivity index (χ2v) is 3.44. The maximum absolute atomic E-state index is 10.9. The van der Waals surface area contributed by atoms with Gasteiger partial charge >= 0.3 is 5.97 Å². The molecule has 0 atom stereocenters. The van der Waals surface area contributed by atoms with Gasteiger partial charge in [0.25, 0.3) is 0 Å². The minimum Gasteiger partial charge on any atom is -0.421 e.